The maximum atomic E-state index is 15.6. The van der Waals surface area contributed by atoms with Gasteiger partial charge in [-0.25, -0.2) is 9.18 Å². The van der Waals surface area contributed by atoms with Crippen molar-refractivity contribution in [2.45, 2.75) is 70.7 Å². The molecular formula is C24H34FN3O4. The van der Waals surface area contributed by atoms with Crippen LogP contribution in [0.25, 0.3) is 0 Å². The van der Waals surface area contributed by atoms with Crippen LogP contribution in [-0.4, -0.2) is 67.9 Å². The first-order valence-corrected chi connectivity index (χ1v) is 11.4. The van der Waals surface area contributed by atoms with Gasteiger partial charge in [-0.3, -0.25) is 4.79 Å². The molecule has 8 heteroatoms. The van der Waals surface area contributed by atoms with Gasteiger partial charge in [0.05, 0.1) is 23.3 Å². The zero-order valence-corrected chi connectivity index (χ0v) is 19.9. The number of morpholine rings is 1. The van der Waals surface area contributed by atoms with Crippen LogP contribution in [0.2, 0.25) is 0 Å². The largest absolute Gasteiger partial charge is 0.444 e. The molecule has 0 unspecified atom stereocenters. The molecule has 3 aliphatic rings. The molecule has 176 valence electrons. The lowest BCUT2D eigenvalue weighted by Crippen LogP contribution is -2.50. The quantitative estimate of drug-likeness (QED) is 0.657. The van der Waals surface area contributed by atoms with Gasteiger partial charge in [0.1, 0.15) is 11.4 Å². The molecule has 0 radical (unpaired) electrons. The van der Waals surface area contributed by atoms with Crippen molar-refractivity contribution in [1.82, 2.24) is 4.90 Å². The first-order valence-electron chi connectivity index (χ1n) is 11.4. The van der Waals surface area contributed by atoms with Crippen molar-refractivity contribution in [3.8, 4) is 0 Å². The number of ether oxygens (including phenoxy) is 2. The number of carbonyl (C=O) groups is 2. The van der Waals surface area contributed by atoms with Crippen molar-refractivity contribution in [3.05, 3.63) is 23.5 Å². The molecule has 2 saturated heterocycles. The predicted molar refractivity (Wildman–Crippen MR) is 121 cm³/mol. The van der Waals surface area contributed by atoms with Gasteiger partial charge in [0.25, 0.3) is 0 Å². The Kier molecular flexibility index (Phi) is 5.64. The van der Waals surface area contributed by atoms with E-state index in [0.717, 1.165) is 5.69 Å². The van der Waals surface area contributed by atoms with E-state index in [9.17, 15) is 9.59 Å². The summed E-state index contributed by atoms with van der Waals surface area (Å²) in [5.41, 5.74) is 0.344. The van der Waals surface area contributed by atoms with Crippen LogP contribution in [0.3, 0.4) is 0 Å². The lowest BCUT2D eigenvalue weighted by atomic mass is 9.73. The number of likely N-dealkylation sites (tertiary alicyclic amines) is 1. The summed E-state index contributed by atoms with van der Waals surface area (Å²) in [5, 5.41) is 0. The predicted octanol–water partition coefficient (Wildman–Crippen LogP) is 3.68. The third-order valence-corrected chi connectivity index (χ3v) is 6.66. The number of carbonyl (C=O) groups excluding carboxylic acids is 2. The van der Waals surface area contributed by atoms with Gasteiger partial charge in [-0.15, -0.1) is 0 Å². The summed E-state index contributed by atoms with van der Waals surface area (Å²) in [5.74, 6) is -0.455. The number of likely N-dealkylation sites (N-methyl/N-ethyl adjacent to an activating group) is 1. The molecule has 2 atom stereocenters. The van der Waals surface area contributed by atoms with Gasteiger partial charge in [-0.1, -0.05) is 0 Å². The van der Waals surface area contributed by atoms with Crippen LogP contribution < -0.4 is 9.80 Å². The van der Waals surface area contributed by atoms with E-state index in [1.54, 1.807) is 22.9 Å². The Labute approximate surface area is 189 Å². The number of piperidine rings is 1. The number of hydrogen-bond acceptors (Lipinski definition) is 5. The average Bonchev–Trinajstić information content (AvgIpc) is 2.89. The Balaban J connectivity index is 1.60. The fraction of sp³-hybridized carbons (Fsp3) is 0.667. The van der Waals surface area contributed by atoms with Gasteiger partial charge in [-0.05, 0) is 59.6 Å². The van der Waals surface area contributed by atoms with Crippen molar-refractivity contribution in [1.29, 1.82) is 0 Å². The van der Waals surface area contributed by atoms with E-state index in [1.165, 1.54) is 0 Å². The SMILES string of the molecule is C[C@@H]1CN(c2cc(F)c3c(c2)N(C)C(=O)C32CCN(C(=O)OC(C)(C)C)CC2)C[C@H](C)O1. The zero-order chi connectivity index (χ0) is 23.4. The summed E-state index contributed by atoms with van der Waals surface area (Å²) in [6.45, 7) is 11.6. The Hall–Kier alpha value is -2.35. The Morgan fingerprint density at radius 1 is 1.16 bits per heavy atom. The van der Waals surface area contributed by atoms with Crippen molar-refractivity contribution < 1.29 is 23.5 Å². The van der Waals surface area contributed by atoms with E-state index in [4.69, 9.17) is 9.47 Å². The second-order valence-electron chi connectivity index (χ2n) is 10.4. The van der Waals surface area contributed by atoms with Crippen LogP contribution >= 0.6 is 0 Å². The number of nitrogens with zero attached hydrogens (tertiary/aromatic N) is 3. The lowest BCUT2D eigenvalue weighted by molar-refractivity contribution is -0.124. The van der Waals surface area contributed by atoms with E-state index in [-0.39, 0.29) is 23.9 Å². The minimum absolute atomic E-state index is 0.0537. The molecule has 2 amide bonds. The zero-order valence-electron chi connectivity index (χ0n) is 19.9. The van der Waals surface area contributed by atoms with E-state index in [2.05, 4.69) is 4.90 Å². The molecule has 4 rings (SSSR count). The fourth-order valence-electron chi connectivity index (χ4n) is 5.29. The third kappa shape index (κ3) is 3.93. The number of halogens is 1. The van der Waals surface area contributed by atoms with Crippen LogP contribution in [-0.2, 0) is 19.7 Å². The normalized spacial score (nSPS) is 25.3. The summed E-state index contributed by atoms with van der Waals surface area (Å²) in [6.07, 6.45) is 0.475. The maximum Gasteiger partial charge on any atom is 0.410 e. The first-order chi connectivity index (χ1) is 14.9. The molecule has 3 aliphatic heterocycles. The van der Waals surface area contributed by atoms with Crippen LogP contribution in [0, 0.1) is 5.82 Å². The van der Waals surface area contributed by atoms with E-state index < -0.39 is 17.1 Å². The molecular weight excluding hydrogens is 413 g/mol. The molecule has 1 aromatic rings. The summed E-state index contributed by atoms with van der Waals surface area (Å²) < 4.78 is 26.9. The molecule has 32 heavy (non-hydrogen) atoms. The Bertz CT molecular complexity index is 911. The topological polar surface area (TPSA) is 62.3 Å². The standard InChI is InChI=1S/C24H34FN3O4/c1-15-13-28(14-16(2)31-15)17-11-18(25)20-19(12-17)26(6)21(29)24(20)7-9-27(10-8-24)22(30)32-23(3,4)5/h11-12,15-16H,7-10,13-14H2,1-6H3/t15-,16+. The number of amides is 2. The number of benzene rings is 1. The summed E-state index contributed by atoms with van der Waals surface area (Å²) >= 11 is 0. The molecule has 7 nitrogen and oxygen atoms in total. The molecule has 0 aliphatic carbocycles. The molecule has 2 fully saturated rings. The second-order valence-corrected chi connectivity index (χ2v) is 10.4. The van der Waals surface area contributed by atoms with E-state index in [0.29, 0.717) is 50.3 Å². The minimum atomic E-state index is -0.934. The van der Waals surface area contributed by atoms with Gasteiger partial charge in [0.15, 0.2) is 0 Å². The van der Waals surface area contributed by atoms with E-state index in [1.807, 2.05) is 40.7 Å². The summed E-state index contributed by atoms with van der Waals surface area (Å²) in [6, 6.07) is 3.48. The molecule has 0 N–H and O–H groups in total. The van der Waals surface area contributed by atoms with Gasteiger partial charge >= 0.3 is 6.09 Å². The van der Waals surface area contributed by atoms with Crippen LogP contribution in [0.15, 0.2) is 12.1 Å². The van der Waals surface area contributed by atoms with Crippen molar-refractivity contribution in [2.75, 3.05) is 43.0 Å². The first kappa shape index (κ1) is 22.8. The van der Waals surface area contributed by atoms with Crippen molar-refractivity contribution in [3.63, 3.8) is 0 Å². The van der Waals surface area contributed by atoms with Crippen molar-refractivity contribution >= 4 is 23.4 Å². The number of anilines is 2. The highest BCUT2D eigenvalue weighted by molar-refractivity contribution is 6.08. The molecule has 1 aromatic carbocycles. The minimum Gasteiger partial charge on any atom is -0.444 e. The smallest absolute Gasteiger partial charge is 0.410 e. The van der Waals surface area contributed by atoms with Gasteiger partial charge in [0, 0.05) is 44.5 Å². The van der Waals surface area contributed by atoms with Crippen LogP contribution in [0.4, 0.5) is 20.6 Å². The molecule has 0 bridgehead atoms. The van der Waals surface area contributed by atoms with Crippen molar-refractivity contribution in [2.24, 2.45) is 0 Å². The van der Waals surface area contributed by atoms with Gasteiger partial charge < -0.3 is 24.2 Å². The highest BCUT2D eigenvalue weighted by Gasteiger charge is 2.53. The molecule has 0 saturated carbocycles. The van der Waals surface area contributed by atoms with Crippen LogP contribution in [0.5, 0.6) is 0 Å². The van der Waals surface area contributed by atoms with E-state index >= 15 is 4.39 Å². The van der Waals surface area contributed by atoms with Gasteiger partial charge in [-0.2, -0.15) is 0 Å². The lowest BCUT2D eigenvalue weighted by Gasteiger charge is -2.39. The van der Waals surface area contributed by atoms with Crippen LogP contribution in [0.1, 0.15) is 53.0 Å². The third-order valence-electron chi connectivity index (χ3n) is 6.66. The summed E-state index contributed by atoms with van der Waals surface area (Å²) in [4.78, 5) is 31.2. The Morgan fingerprint density at radius 2 is 1.75 bits per heavy atom. The fourth-order valence-corrected chi connectivity index (χ4v) is 5.29. The summed E-state index contributed by atoms with van der Waals surface area (Å²) in [7, 11) is 1.71. The highest BCUT2D eigenvalue weighted by Crippen LogP contribution is 2.50. The number of hydrogen-bond donors (Lipinski definition) is 0. The molecule has 1 spiro atoms. The highest BCUT2D eigenvalue weighted by atomic mass is 19.1. The number of fused-ring (bicyclic) bond motifs is 2. The number of rotatable bonds is 1. The molecule has 0 aromatic heterocycles. The maximum absolute atomic E-state index is 15.6. The Morgan fingerprint density at radius 3 is 2.31 bits per heavy atom. The second kappa shape index (κ2) is 7.90. The molecule has 3 heterocycles. The average molecular weight is 448 g/mol. The monoisotopic (exact) mass is 447 g/mol. The van der Waals surface area contributed by atoms with Gasteiger partial charge in [0.2, 0.25) is 5.91 Å².